The average Bonchev–Trinajstić information content (AvgIpc) is 2.42. The van der Waals surface area contributed by atoms with E-state index in [-0.39, 0.29) is 11.9 Å². The lowest BCUT2D eigenvalue weighted by Crippen LogP contribution is -2.51. The summed E-state index contributed by atoms with van der Waals surface area (Å²) < 4.78 is 0. The minimum Gasteiger partial charge on any atom is -0.340 e. The van der Waals surface area contributed by atoms with E-state index in [4.69, 9.17) is 5.26 Å². The van der Waals surface area contributed by atoms with E-state index >= 15 is 0 Å². The van der Waals surface area contributed by atoms with Crippen LogP contribution in [0.1, 0.15) is 26.2 Å². The van der Waals surface area contributed by atoms with Gasteiger partial charge in [0.2, 0.25) is 5.91 Å². The Hall–Kier alpha value is -0.730. The maximum absolute atomic E-state index is 11.9. The zero-order chi connectivity index (χ0) is 13.4. The molecule has 0 aromatic carbocycles. The lowest BCUT2D eigenvalue weighted by Gasteiger charge is -2.37. The highest BCUT2D eigenvalue weighted by Gasteiger charge is 2.25. The van der Waals surface area contributed by atoms with Gasteiger partial charge in [-0.2, -0.15) is 17.0 Å². The van der Waals surface area contributed by atoms with Gasteiger partial charge in [-0.05, 0) is 12.7 Å². The van der Waals surface area contributed by atoms with Gasteiger partial charge >= 0.3 is 0 Å². The molecule has 0 saturated carbocycles. The lowest BCUT2D eigenvalue weighted by molar-refractivity contribution is -0.132. The number of nitriles is 1. The molecule has 1 aliphatic heterocycles. The van der Waals surface area contributed by atoms with E-state index in [2.05, 4.69) is 17.9 Å². The Balaban J connectivity index is 2.36. The first-order valence-electron chi connectivity index (χ1n) is 6.63. The van der Waals surface area contributed by atoms with Crippen LogP contribution in [0, 0.1) is 11.3 Å². The summed E-state index contributed by atoms with van der Waals surface area (Å²) in [6.07, 6.45) is 4.62. The van der Waals surface area contributed by atoms with Crippen LogP contribution in [0.4, 0.5) is 0 Å². The zero-order valence-electron chi connectivity index (χ0n) is 11.4. The van der Waals surface area contributed by atoms with Crippen LogP contribution in [-0.4, -0.2) is 59.9 Å². The van der Waals surface area contributed by atoms with Crippen molar-refractivity contribution >= 4 is 17.7 Å². The number of hydrogen-bond donors (Lipinski definition) is 0. The number of carbonyl (C=O) groups is 1. The smallest absolute Gasteiger partial charge is 0.223 e. The molecule has 0 bridgehead atoms. The number of carbonyl (C=O) groups excluding carboxylic acids is 1. The summed E-state index contributed by atoms with van der Waals surface area (Å²) in [5.41, 5.74) is 0. The second-order valence-corrected chi connectivity index (χ2v) is 5.58. The van der Waals surface area contributed by atoms with Gasteiger partial charge in [0.15, 0.2) is 0 Å². The van der Waals surface area contributed by atoms with Gasteiger partial charge in [0.05, 0.1) is 12.1 Å². The first-order valence-corrected chi connectivity index (χ1v) is 8.02. The van der Waals surface area contributed by atoms with Crippen LogP contribution in [0.3, 0.4) is 0 Å². The molecule has 4 nitrogen and oxygen atoms in total. The number of piperazine rings is 1. The van der Waals surface area contributed by atoms with Crippen LogP contribution in [0.2, 0.25) is 0 Å². The Morgan fingerprint density at radius 2 is 2.06 bits per heavy atom. The molecule has 0 aliphatic carbocycles. The van der Waals surface area contributed by atoms with Crippen molar-refractivity contribution in [2.24, 2.45) is 0 Å². The molecular formula is C13H23N3OS. The predicted octanol–water partition coefficient (Wildman–Crippen LogP) is 1.58. The molecule has 0 radical (unpaired) electrons. The van der Waals surface area contributed by atoms with Crippen LogP contribution in [0.5, 0.6) is 0 Å². The van der Waals surface area contributed by atoms with Crippen molar-refractivity contribution < 1.29 is 4.79 Å². The molecule has 1 heterocycles. The zero-order valence-corrected chi connectivity index (χ0v) is 12.2. The minimum atomic E-state index is 0.0263. The van der Waals surface area contributed by atoms with Crippen molar-refractivity contribution in [2.75, 3.05) is 38.2 Å². The summed E-state index contributed by atoms with van der Waals surface area (Å²) in [4.78, 5) is 16.0. The molecule has 1 amide bonds. The molecule has 18 heavy (non-hydrogen) atoms. The molecule has 1 rings (SSSR count). The normalized spacial score (nSPS) is 18.4. The average molecular weight is 269 g/mol. The summed E-state index contributed by atoms with van der Waals surface area (Å²) in [6.45, 7) is 5.32. The van der Waals surface area contributed by atoms with Crippen molar-refractivity contribution in [3.05, 3.63) is 0 Å². The van der Waals surface area contributed by atoms with Crippen LogP contribution < -0.4 is 0 Å². The number of hydrogen-bond acceptors (Lipinski definition) is 4. The van der Waals surface area contributed by atoms with E-state index in [1.54, 1.807) is 11.8 Å². The highest BCUT2D eigenvalue weighted by atomic mass is 32.2. The lowest BCUT2D eigenvalue weighted by atomic mass is 10.1. The Labute approximate surface area is 114 Å². The van der Waals surface area contributed by atoms with Crippen molar-refractivity contribution in [1.29, 1.82) is 5.26 Å². The molecule has 0 aromatic rings. The Morgan fingerprint density at radius 3 is 2.56 bits per heavy atom. The van der Waals surface area contributed by atoms with E-state index in [0.717, 1.165) is 44.8 Å². The van der Waals surface area contributed by atoms with E-state index in [1.165, 1.54) is 0 Å². The van der Waals surface area contributed by atoms with E-state index < -0.39 is 0 Å². The van der Waals surface area contributed by atoms with Gasteiger partial charge in [-0.3, -0.25) is 9.69 Å². The molecule has 1 fully saturated rings. The first kappa shape index (κ1) is 15.3. The van der Waals surface area contributed by atoms with Crippen LogP contribution in [0.15, 0.2) is 0 Å². The van der Waals surface area contributed by atoms with Gasteiger partial charge in [0, 0.05) is 38.4 Å². The summed E-state index contributed by atoms with van der Waals surface area (Å²) in [5.74, 6) is 1.16. The highest BCUT2D eigenvalue weighted by Crippen LogP contribution is 2.11. The third-order valence-corrected chi connectivity index (χ3v) is 3.95. The number of rotatable bonds is 6. The van der Waals surface area contributed by atoms with Gasteiger partial charge in [-0.25, -0.2) is 0 Å². The molecule has 1 unspecified atom stereocenters. The summed E-state index contributed by atoms with van der Waals surface area (Å²) in [7, 11) is 0. The van der Waals surface area contributed by atoms with Gasteiger partial charge < -0.3 is 4.90 Å². The molecule has 0 N–H and O–H groups in total. The fourth-order valence-corrected chi connectivity index (χ4v) is 2.61. The molecule has 0 spiro atoms. The molecule has 1 atom stereocenters. The van der Waals surface area contributed by atoms with E-state index in [1.807, 2.05) is 11.2 Å². The van der Waals surface area contributed by atoms with Gasteiger partial charge in [0.25, 0.3) is 0 Å². The third kappa shape index (κ3) is 4.51. The maximum atomic E-state index is 11.9. The summed E-state index contributed by atoms with van der Waals surface area (Å²) in [6, 6.07) is 2.40. The van der Waals surface area contributed by atoms with Crippen molar-refractivity contribution in [1.82, 2.24) is 9.80 Å². The second kappa shape index (κ2) is 8.39. The predicted molar refractivity (Wildman–Crippen MR) is 75.5 cm³/mol. The summed E-state index contributed by atoms with van der Waals surface area (Å²) in [5, 5.41) is 9.13. The second-order valence-electron chi connectivity index (χ2n) is 4.59. The molecule has 5 heteroatoms. The van der Waals surface area contributed by atoms with Crippen molar-refractivity contribution in [2.45, 2.75) is 32.2 Å². The standard InChI is InChI=1S/C13H23N3OS/c1-3-4-12(11-14)15-6-8-16(9-7-15)13(17)5-10-18-2/h12H,3-10H2,1-2H3. The number of thioether (sulfide) groups is 1. The van der Waals surface area contributed by atoms with Gasteiger partial charge in [-0.15, -0.1) is 0 Å². The van der Waals surface area contributed by atoms with Crippen molar-refractivity contribution in [3.8, 4) is 6.07 Å². The first-order chi connectivity index (χ1) is 8.72. The highest BCUT2D eigenvalue weighted by molar-refractivity contribution is 7.98. The molecule has 1 aliphatic rings. The maximum Gasteiger partial charge on any atom is 0.223 e. The third-order valence-electron chi connectivity index (χ3n) is 3.34. The number of amides is 1. The van der Waals surface area contributed by atoms with Crippen LogP contribution >= 0.6 is 11.8 Å². The van der Waals surface area contributed by atoms with Crippen molar-refractivity contribution in [3.63, 3.8) is 0 Å². The fraction of sp³-hybridized carbons (Fsp3) is 0.846. The SMILES string of the molecule is CCCC(C#N)N1CCN(C(=O)CCSC)CC1. The molecule has 1 saturated heterocycles. The Kier molecular flexibility index (Phi) is 7.14. The minimum absolute atomic E-state index is 0.0263. The van der Waals surface area contributed by atoms with Gasteiger partial charge in [0.1, 0.15) is 0 Å². The van der Waals surface area contributed by atoms with E-state index in [9.17, 15) is 4.79 Å². The molecule has 102 valence electrons. The quantitative estimate of drug-likeness (QED) is 0.734. The van der Waals surface area contributed by atoms with Crippen LogP contribution in [0.25, 0.3) is 0 Å². The monoisotopic (exact) mass is 269 g/mol. The Bertz CT molecular complexity index is 295. The summed E-state index contributed by atoms with van der Waals surface area (Å²) >= 11 is 1.71. The fourth-order valence-electron chi connectivity index (χ4n) is 2.23. The van der Waals surface area contributed by atoms with Crippen LogP contribution in [-0.2, 0) is 4.79 Å². The van der Waals surface area contributed by atoms with Gasteiger partial charge in [-0.1, -0.05) is 13.3 Å². The Morgan fingerprint density at radius 1 is 1.39 bits per heavy atom. The molecular weight excluding hydrogens is 246 g/mol. The van der Waals surface area contributed by atoms with E-state index in [0.29, 0.717) is 6.42 Å². The topological polar surface area (TPSA) is 47.3 Å². The largest absolute Gasteiger partial charge is 0.340 e. The number of nitrogens with zero attached hydrogens (tertiary/aromatic N) is 3. The molecule has 0 aromatic heterocycles.